The van der Waals surface area contributed by atoms with Crippen LogP contribution in [0.2, 0.25) is 0 Å². The van der Waals surface area contributed by atoms with Crippen molar-refractivity contribution in [3.8, 4) is 5.75 Å². The lowest BCUT2D eigenvalue weighted by molar-refractivity contribution is -0.154. The van der Waals surface area contributed by atoms with E-state index in [1.807, 2.05) is 63.2 Å². The molecule has 0 saturated heterocycles. The molecule has 184 valence electrons. The molecule has 0 heterocycles. The topological polar surface area (TPSA) is 83.4 Å². The number of nitrogens with zero attached hydrogens (tertiary/aromatic N) is 1. The van der Waals surface area contributed by atoms with E-state index in [1.165, 1.54) is 14.2 Å². The van der Waals surface area contributed by atoms with Gasteiger partial charge in [-0.05, 0) is 57.2 Å². The lowest BCUT2D eigenvalue weighted by Crippen LogP contribution is -2.23. The molecule has 0 bridgehead atoms. The third-order valence-electron chi connectivity index (χ3n) is 4.94. The largest absolute Gasteiger partial charge is 0.489 e. The molecule has 0 spiro atoms. The Hall–Kier alpha value is -3.35. The van der Waals surface area contributed by atoms with Crippen molar-refractivity contribution in [2.75, 3.05) is 14.2 Å². The van der Waals surface area contributed by atoms with Crippen molar-refractivity contribution in [1.82, 2.24) is 0 Å². The van der Waals surface area contributed by atoms with Gasteiger partial charge in [0.1, 0.15) is 25.1 Å². The number of hydrogen-bond acceptors (Lipinski definition) is 7. The molecule has 0 aliphatic rings. The van der Waals surface area contributed by atoms with Gasteiger partial charge in [0.2, 0.25) is 0 Å². The molecule has 7 nitrogen and oxygen atoms in total. The Labute approximate surface area is 202 Å². The highest BCUT2D eigenvalue weighted by atomic mass is 16.6. The number of para-hydroxylation sites is 1. The van der Waals surface area contributed by atoms with Gasteiger partial charge in [-0.25, -0.2) is 4.79 Å². The first kappa shape index (κ1) is 26.9. The monoisotopic (exact) mass is 469 g/mol. The Kier molecular flexibility index (Phi) is 10.6. The summed E-state index contributed by atoms with van der Waals surface area (Å²) < 4.78 is 16.3. The van der Waals surface area contributed by atoms with E-state index < -0.39 is 11.6 Å². The van der Waals surface area contributed by atoms with Gasteiger partial charge >= 0.3 is 11.9 Å². The van der Waals surface area contributed by atoms with Crippen LogP contribution < -0.4 is 4.74 Å². The normalized spacial score (nSPS) is 11.6. The van der Waals surface area contributed by atoms with E-state index in [0.29, 0.717) is 12.0 Å². The number of rotatable bonds is 12. The molecular weight excluding hydrogens is 434 g/mol. The van der Waals surface area contributed by atoms with Gasteiger partial charge in [0.25, 0.3) is 0 Å². The number of methoxy groups -OCH3 is 1. The average molecular weight is 470 g/mol. The third kappa shape index (κ3) is 8.89. The number of unbranched alkanes of at least 4 members (excludes halogenated alkanes) is 2. The van der Waals surface area contributed by atoms with Crippen LogP contribution in [0.5, 0.6) is 5.75 Å². The predicted octanol–water partition coefficient (Wildman–Crippen LogP) is 5.23. The molecule has 0 N–H and O–H groups in total. The van der Waals surface area contributed by atoms with E-state index in [9.17, 15) is 9.59 Å². The summed E-state index contributed by atoms with van der Waals surface area (Å²) in [5.41, 5.74) is 2.11. The third-order valence-corrected chi connectivity index (χ3v) is 4.94. The zero-order valence-corrected chi connectivity index (χ0v) is 20.8. The second kappa shape index (κ2) is 13.4. The van der Waals surface area contributed by atoms with E-state index in [-0.39, 0.29) is 18.3 Å². The zero-order valence-electron chi connectivity index (χ0n) is 20.8. The summed E-state index contributed by atoms with van der Waals surface area (Å²) in [6.45, 7) is 5.88. The van der Waals surface area contributed by atoms with Crippen LogP contribution in [0.3, 0.4) is 0 Å². The Balaban J connectivity index is 1.97. The fourth-order valence-corrected chi connectivity index (χ4v) is 3.42. The first-order valence-corrected chi connectivity index (χ1v) is 11.5. The van der Waals surface area contributed by atoms with Gasteiger partial charge in [0.05, 0.1) is 7.11 Å². The van der Waals surface area contributed by atoms with Crippen molar-refractivity contribution >= 4 is 17.7 Å². The number of aryl methyl sites for hydroxylation is 1. The van der Waals surface area contributed by atoms with Gasteiger partial charge in [-0.3, -0.25) is 4.79 Å². The molecule has 0 fully saturated rings. The molecule has 0 aromatic heterocycles. The molecule has 0 aliphatic heterocycles. The molecule has 0 unspecified atom stereocenters. The van der Waals surface area contributed by atoms with Crippen LogP contribution in [-0.4, -0.2) is 37.5 Å². The summed E-state index contributed by atoms with van der Waals surface area (Å²) in [6, 6.07) is 15.2. The van der Waals surface area contributed by atoms with Crippen molar-refractivity contribution in [3.63, 3.8) is 0 Å². The van der Waals surface area contributed by atoms with Crippen LogP contribution in [-0.2, 0) is 36.9 Å². The minimum Gasteiger partial charge on any atom is -0.489 e. The maximum Gasteiger partial charge on any atom is 0.360 e. The van der Waals surface area contributed by atoms with Crippen LogP contribution in [0.15, 0.2) is 53.7 Å². The van der Waals surface area contributed by atoms with Gasteiger partial charge in [0, 0.05) is 12.0 Å². The maximum atomic E-state index is 12.2. The average Bonchev–Trinajstić information content (AvgIpc) is 2.80. The molecule has 0 radical (unpaired) electrons. The molecule has 34 heavy (non-hydrogen) atoms. The second-order valence-electron chi connectivity index (χ2n) is 8.81. The van der Waals surface area contributed by atoms with E-state index in [4.69, 9.17) is 19.0 Å². The van der Waals surface area contributed by atoms with E-state index >= 15 is 0 Å². The molecule has 2 rings (SSSR count). The number of carbonyl (C=O) groups excluding carboxylic acids is 2. The summed E-state index contributed by atoms with van der Waals surface area (Å²) >= 11 is 0. The SMILES string of the molecule is CO/N=C(/C(=O)OC)c1ccccc1COc1ccccc1CCCCCC(=O)OC(C)(C)C. The molecule has 2 aromatic rings. The fourth-order valence-electron chi connectivity index (χ4n) is 3.42. The minimum atomic E-state index is -0.582. The van der Waals surface area contributed by atoms with Gasteiger partial charge in [0.15, 0.2) is 5.71 Å². The molecule has 0 amide bonds. The van der Waals surface area contributed by atoms with Gasteiger partial charge in [-0.2, -0.15) is 0 Å². The number of ether oxygens (including phenoxy) is 3. The van der Waals surface area contributed by atoms with Crippen molar-refractivity contribution in [1.29, 1.82) is 0 Å². The first-order chi connectivity index (χ1) is 16.2. The van der Waals surface area contributed by atoms with Gasteiger partial charge < -0.3 is 19.0 Å². The second-order valence-corrected chi connectivity index (χ2v) is 8.81. The van der Waals surface area contributed by atoms with Crippen LogP contribution in [0.1, 0.15) is 63.1 Å². The Bertz CT molecular complexity index is 977. The lowest BCUT2D eigenvalue weighted by Gasteiger charge is -2.19. The highest BCUT2D eigenvalue weighted by molar-refractivity contribution is 6.43. The number of carbonyl (C=O) groups is 2. The summed E-state index contributed by atoms with van der Waals surface area (Å²) in [5.74, 6) is 0.0482. The minimum absolute atomic E-state index is 0.0856. The molecule has 0 saturated carbocycles. The van der Waals surface area contributed by atoms with E-state index in [2.05, 4.69) is 5.16 Å². The van der Waals surface area contributed by atoms with Crippen LogP contribution in [0.25, 0.3) is 0 Å². The fraction of sp³-hybridized carbons (Fsp3) is 0.444. The summed E-state index contributed by atoms with van der Waals surface area (Å²) in [4.78, 5) is 28.9. The molecule has 0 atom stereocenters. The van der Waals surface area contributed by atoms with E-state index in [1.54, 1.807) is 6.07 Å². The highest BCUT2D eigenvalue weighted by Gasteiger charge is 2.19. The summed E-state index contributed by atoms with van der Waals surface area (Å²) in [7, 11) is 2.68. The Morgan fingerprint density at radius 1 is 0.882 bits per heavy atom. The maximum absolute atomic E-state index is 12.2. The van der Waals surface area contributed by atoms with E-state index in [0.717, 1.165) is 42.6 Å². The lowest BCUT2D eigenvalue weighted by atomic mass is 10.0. The predicted molar refractivity (Wildman–Crippen MR) is 131 cm³/mol. The van der Waals surface area contributed by atoms with Gasteiger partial charge in [-0.1, -0.05) is 54.0 Å². The summed E-state index contributed by atoms with van der Waals surface area (Å²) in [6.07, 6.45) is 3.92. The molecule has 0 aliphatic carbocycles. The zero-order chi connectivity index (χ0) is 25.0. The van der Waals surface area contributed by atoms with Crippen LogP contribution in [0.4, 0.5) is 0 Å². The smallest absolute Gasteiger partial charge is 0.360 e. The molecular formula is C27H35NO6. The molecule has 7 heteroatoms. The van der Waals surface area contributed by atoms with Crippen molar-refractivity contribution in [2.24, 2.45) is 5.16 Å². The first-order valence-electron chi connectivity index (χ1n) is 11.5. The number of hydrogen-bond donors (Lipinski definition) is 0. The highest BCUT2D eigenvalue weighted by Crippen LogP contribution is 2.23. The number of oxime groups is 1. The van der Waals surface area contributed by atoms with Crippen molar-refractivity contribution in [2.45, 2.75) is 65.1 Å². The van der Waals surface area contributed by atoms with Crippen LogP contribution in [0, 0.1) is 0 Å². The standard InChI is InChI=1S/C27H35NO6/c1-27(2,3)34-24(29)18-8-6-7-13-20-14-10-12-17-23(20)33-19-21-15-9-11-16-22(21)25(28-32-5)26(30)31-4/h9-12,14-17H,6-8,13,18-19H2,1-5H3/b28-25+. The number of benzene rings is 2. The number of esters is 2. The van der Waals surface area contributed by atoms with Crippen molar-refractivity contribution < 1.29 is 28.6 Å². The van der Waals surface area contributed by atoms with Crippen LogP contribution >= 0.6 is 0 Å². The summed E-state index contributed by atoms with van der Waals surface area (Å²) in [5, 5.41) is 3.84. The Morgan fingerprint density at radius 2 is 1.56 bits per heavy atom. The molecule has 2 aromatic carbocycles. The Morgan fingerprint density at radius 3 is 2.24 bits per heavy atom. The quantitative estimate of drug-likeness (QED) is 0.183. The van der Waals surface area contributed by atoms with Gasteiger partial charge in [-0.15, -0.1) is 0 Å². The van der Waals surface area contributed by atoms with Crippen molar-refractivity contribution in [3.05, 3.63) is 65.2 Å².